The maximum absolute atomic E-state index is 4.57. The molecular weight excluding hydrogens is 468 g/mol. The van der Waals surface area contributed by atoms with E-state index in [0.717, 1.165) is 81.5 Å². The minimum Gasteiger partial charge on any atom is -0.354 e. The summed E-state index contributed by atoms with van der Waals surface area (Å²) in [6, 6.07) is 21.2. The van der Waals surface area contributed by atoms with Gasteiger partial charge in [0.05, 0.1) is 0 Å². The maximum Gasteiger partial charge on any atom is 0.218 e. The number of hydrogen-bond acceptors (Lipinski definition) is 8. The fraction of sp³-hybridized carbons (Fsp3) is 0.370. The van der Waals surface area contributed by atoms with Crippen molar-refractivity contribution in [2.24, 2.45) is 0 Å². The van der Waals surface area contributed by atoms with Crippen molar-refractivity contribution in [1.29, 1.82) is 0 Å². The lowest BCUT2D eigenvalue weighted by molar-refractivity contribution is 0.245. The van der Waals surface area contributed by atoms with E-state index in [1.807, 2.05) is 12.3 Å². The van der Waals surface area contributed by atoms with Crippen LogP contribution in [0.4, 0.5) is 10.9 Å². The average molecular weight is 501 g/mol. The van der Waals surface area contributed by atoms with Crippen molar-refractivity contribution in [3.63, 3.8) is 0 Å². The van der Waals surface area contributed by atoms with E-state index in [1.54, 1.807) is 11.3 Å². The third kappa shape index (κ3) is 5.28. The Hall–Kier alpha value is -3.27. The molecule has 36 heavy (non-hydrogen) atoms. The van der Waals surface area contributed by atoms with Gasteiger partial charge in [0, 0.05) is 83.5 Å². The molecule has 2 aliphatic rings. The van der Waals surface area contributed by atoms with Gasteiger partial charge >= 0.3 is 0 Å². The van der Waals surface area contributed by atoms with E-state index in [-0.39, 0.29) is 0 Å². The Morgan fingerprint density at radius 2 is 1.33 bits per heavy atom. The molecule has 0 bridgehead atoms. The van der Waals surface area contributed by atoms with Gasteiger partial charge in [0.1, 0.15) is 5.82 Å². The maximum atomic E-state index is 4.57. The molecule has 1 aromatic carbocycles. The molecule has 186 valence electrons. The standard InChI is InChI=1S/C27H32N8S/c1-2-7-23(8-3-1)21-31-15-19-34(20-16-31)26-29-30-27(36-26)35-12-6-9-24(35)22-32-13-17-33(18-14-32)25-10-4-5-11-28-25/h1-12H,13-22H2. The second-order valence-corrected chi connectivity index (χ2v) is 10.4. The van der Waals surface area contributed by atoms with Crippen LogP contribution in [0.3, 0.4) is 0 Å². The normalized spacial score (nSPS) is 17.6. The van der Waals surface area contributed by atoms with E-state index in [9.17, 15) is 0 Å². The summed E-state index contributed by atoms with van der Waals surface area (Å²) in [5, 5.41) is 11.1. The van der Waals surface area contributed by atoms with Gasteiger partial charge in [0.15, 0.2) is 0 Å². The molecule has 0 aliphatic carbocycles. The molecule has 0 unspecified atom stereocenters. The smallest absolute Gasteiger partial charge is 0.218 e. The third-order valence-corrected chi connectivity index (χ3v) is 8.05. The van der Waals surface area contributed by atoms with Crippen LogP contribution in [-0.2, 0) is 13.1 Å². The van der Waals surface area contributed by atoms with Crippen molar-refractivity contribution in [3.8, 4) is 5.13 Å². The first-order chi connectivity index (χ1) is 17.8. The van der Waals surface area contributed by atoms with Gasteiger partial charge in [-0.1, -0.05) is 47.7 Å². The number of rotatable bonds is 7. The predicted molar refractivity (Wildman–Crippen MR) is 145 cm³/mol. The Bertz CT molecular complexity index is 1220. The molecule has 2 saturated heterocycles. The van der Waals surface area contributed by atoms with Gasteiger partial charge in [0.2, 0.25) is 10.3 Å². The summed E-state index contributed by atoms with van der Waals surface area (Å²) < 4.78 is 2.21. The fourth-order valence-corrected chi connectivity index (χ4v) is 5.92. The minimum atomic E-state index is 0.913. The third-order valence-electron chi connectivity index (χ3n) is 7.07. The van der Waals surface area contributed by atoms with Crippen LogP contribution in [0.15, 0.2) is 73.1 Å². The van der Waals surface area contributed by atoms with Crippen molar-refractivity contribution in [2.45, 2.75) is 13.1 Å². The van der Waals surface area contributed by atoms with Crippen molar-refractivity contribution in [3.05, 3.63) is 84.3 Å². The molecule has 5 heterocycles. The van der Waals surface area contributed by atoms with Gasteiger partial charge in [-0.3, -0.25) is 14.4 Å². The minimum absolute atomic E-state index is 0.913. The van der Waals surface area contributed by atoms with Crippen molar-refractivity contribution >= 4 is 22.3 Å². The first kappa shape index (κ1) is 23.1. The highest BCUT2D eigenvalue weighted by atomic mass is 32.1. The number of benzene rings is 1. The van der Waals surface area contributed by atoms with Crippen molar-refractivity contribution in [2.75, 3.05) is 62.2 Å². The molecule has 0 atom stereocenters. The van der Waals surface area contributed by atoms with Crippen LogP contribution in [0.2, 0.25) is 0 Å². The van der Waals surface area contributed by atoms with E-state index in [4.69, 9.17) is 0 Å². The predicted octanol–water partition coefficient (Wildman–Crippen LogP) is 3.37. The van der Waals surface area contributed by atoms with Crippen LogP contribution in [0.5, 0.6) is 0 Å². The molecule has 8 nitrogen and oxygen atoms in total. The van der Waals surface area contributed by atoms with Crippen LogP contribution in [0.1, 0.15) is 11.3 Å². The lowest BCUT2D eigenvalue weighted by Gasteiger charge is -2.35. The average Bonchev–Trinajstić information content (AvgIpc) is 3.61. The largest absolute Gasteiger partial charge is 0.354 e. The molecule has 0 spiro atoms. The first-order valence-corrected chi connectivity index (χ1v) is 13.5. The number of aromatic nitrogens is 4. The summed E-state index contributed by atoms with van der Waals surface area (Å²) in [6.07, 6.45) is 3.98. The molecule has 2 fully saturated rings. The number of anilines is 2. The van der Waals surface area contributed by atoms with Crippen LogP contribution in [0, 0.1) is 0 Å². The molecule has 9 heteroatoms. The topological polar surface area (TPSA) is 56.6 Å². The Labute approximate surface area is 216 Å². The Balaban J connectivity index is 1.04. The summed E-state index contributed by atoms with van der Waals surface area (Å²) in [6.45, 7) is 10.0. The van der Waals surface area contributed by atoms with Crippen LogP contribution in [0.25, 0.3) is 5.13 Å². The van der Waals surface area contributed by atoms with Crippen LogP contribution in [-0.4, -0.2) is 81.9 Å². The number of pyridine rings is 1. The zero-order valence-corrected chi connectivity index (χ0v) is 21.3. The zero-order valence-electron chi connectivity index (χ0n) is 20.5. The lowest BCUT2D eigenvalue weighted by Crippen LogP contribution is -2.46. The highest BCUT2D eigenvalue weighted by molar-refractivity contribution is 7.17. The fourth-order valence-electron chi connectivity index (χ4n) is 5.01. The quantitative estimate of drug-likeness (QED) is 0.386. The summed E-state index contributed by atoms with van der Waals surface area (Å²) in [7, 11) is 0. The molecule has 6 rings (SSSR count). The molecule has 0 saturated carbocycles. The van der Waals surface area contributed by atoms with E-state index in [0.29, 0.717) is 0 Å². The van der Waals surface area contributed by atoms with Crippen LogP contribution >= 0.6 is 11.3 Å². The molecule has 4 aromatic rings. The summed E-state index contributed by atoms with van der Waals surface area (Å²) >= 11 is 1.69. The highest BCUT2D eigenvalue weighted by Crippen LogP contribution is 2.26. The molecular formula is C27H32N8S. The van der Waals surface area contributed by atoms with Gasteiger partial charge < -0.3 is 9.80 Å². The molecule has 0 N–H and O–H groups in total. The second kappa shape index (κ2) is 10.8. The molecule has 3 aromatic heterocycles. The van der Waals surface area contributed by atoms with Crippen LogP contribution < -0.4 is 9.80 Å². The molecule has 0 amide bonds. The first-order valence-electron chi connectivity index (χ1n) is 12.7. The van der Waals surface area contributed by atoms with Gasteiger partial charge in [-0.2, -0.15) is 0 Å². The number of piperazine rings is 2. The van der Waals surface area contributed by atoms with E-state index >= 15 is 0 Å². The SMILES string of the molecule is c1ccc(CN2CCN(c3nnc(-n4cccc4CN4CCN(c5ccccn5)CC4)s3)CC2)cc1. The lowest BCUT2D eigenvalue weighted by atomic mass is 10.2. The van der Waals surface area contributed by atoms with E-state index < -0.39 is 0 Å². The van der Waals surface area contributed by atoms with Crippen molar-refractivity contribution < 1.29 is 0 Å². The second-order valence-electron chi connectivity index (χ2n) is 9.44. The molecule has 2 aliphatic heterocycles. The van der Waals surface area contributed by atoms with E-state index in [2.05, 4.69) is 100 Å². The number of nitrogens with zero attached hydrogens (tertiary/aromatic N) is 8. The monoisotopic (exact) mass is 500 g/mol. The summed E-state index contributed by atoms with van der Waals surface area (Å²) in [4.78, 5) is 14.3. The summed E-state index contributed by atoms with van der Waals surface area (Å²) in [5.74, 6) is 1.07. The van der Waals surface area contributed by atoms with Gasteiger partial charge in [-0.15, -0.1) is 10.2 Å². The Kier molecular flexibility index (Phi) is 6.93. The number of hydrogen-bond donors (Lipinski definition) is 0. The van der Waals surface area contributed by atoms with Gasteiger partial charge in [-0.25, -0.2) is 4.98 Å². The van der Waals surface area contributed by atoms with Gasteiger partial charge in [-0.05, 0) is 29.8 Å². The zero-order chi connectivity index (χ0) is 24.2. The Morgan fingerprint density at radius 1 is 0.639 bits per heavy atom. The highest BCUT2D eigenvalue weighted by Gasteiger charge is 2.22. The Morgan fingerprint density at radius 3 is 2.08 bits per heavy atom. The van der Waals surface area contributed by atoms with Crippen molar-refractivity contribution in [1.82, 2.24) is 29.5 Å². The van der Waals surface area contributed by atoms with E-state index in [1.165, 1.54) is 11.3 Å². The summed E-state index contributed by atoms with van der Waals surface area (Å²) in [5.41, 5.74) is 2.64. The van der Waals surface area contributed by atoms with Gasteiger partial charge in [0.25, 0.3) is 0 Å². The molecule has 0 radical (unpaired) electrons.